The highest BCUT2D eigenvalue weighted by Crippen LogP contribution is 2.25. The van der Waals surface area contributed by atoms with Crippen LogP contribution < -0.4 is 9.57 Å². The molecule has 0 fully saturated rings. The summed E-state index contributed by atoms with van der Waals surface area (Å²) in [7, 11) is -2.30. The first-order valence-corrected chi connectivity index (χ1v) is 8.89. The molecule has 0 spiro atoms. The Kier molecular flexibility index (Phi) is 4.58. The van der Waals surface area contributed by atoms with Gasteiger partial charge in [-0.1, -0.05) is 30.3 Å². The summed E-state index contributed by atoms with van der Waals surface area (Å²) >= 11 is 0. The summed E-state index contributed by atoms with van der Waals surface area (Å²) in [4.78, 5) is 2.21. The van der Waals surface area contributed by atoms with Crippen molar-refractivity contribution in [3.05, 3.63) is 66.2 Å². The Labute approximate surface area is 145 Å². The standard InChI is InChI=1S/C18H16N2O4S/c1-24-14-7-9-15(10-8-14)25(22,23)20-19-12-17-16-5-3-2-4-13(16)6-11-18(17)21/h2-12,20-21H,1H3/b19-12+. The number of methoxy groups -OCH3 is 1. The minimum Gasteiger partial charge on any atom is -0.507 e. The zero-order chi connectivity index (χ0) is 17.9. The van der Waals surface area contributed by atoms with Gasteiger partial charge in [-0.05, 0) is 41.1 Å². The van der Waals surface area contributed by atoms with E-state index in [1.54, 1.807) is 24.3 Å². The Balaban J connectivity index is 1.86. The predicted molar refractivity (Wildman–Crippen MR) is 96.5 cm³/mol. The molecule has 3 rings (SSSR count). The van der Waals surface area contributed by atoms with Crippen LogP contribution in [0.3, 0.4) is 0 Å². The minimum atomic E-state index is -3.81. The van der Waals surface area contributed by atoms with Crippen molar-refractivity contribution in [1.82, 2.24) is 4.83 Å². The van der Waals surface area contributed by atoms with Crippen LogP contribution in [0.15, 0.2) is 70.7 Å². The van der Waals surface area contributed by atoms with E-state index in [1.807, 2.05) is 24.3 Å². The monoisotopic (exact) mass is 356 g/mol. The van der Waals surface area contributed by atoms with Gasteiger partial charge < -0.3 is 9.84 Å². The van der Waals surface area contributed by atoms with Crippen LogP contribution in [-0.4, -0.2) is 26.8 Å². The van der Waals surface area contributed by atoms with Crippen molar-refractivity contribution in [2.24, 2.45) is 5.10 Å². The molecule has 7 heteroatoms. The quantitative estimate of drug-likeness (QED) is 0.543. The smallest absolute Gasteiger partial charge is 0.276 e. The van der Waals surface area contributed by atoms with E-state index in [1.165, 1.54) is 25.5 Å². The summed E-state index contributed by atoms with van der Waals surface area (Å²) < 4.78 is 29.5. The number of aromatic hydroxyl groups is 1. The summed E-state index contributed by atoms with van der Waals surface area (Å²) in [6, 6.07) is 16.7. The molecule has 128 valence electrons. The third kappa shape index (κ3) is 3.56. The van der Waals surface area contributed by atoms with Gasteiger partial charge in [0.05, 0.1) is 18.2 Å². The molecule has 0 radical (unpaired) electrons. The van der Waals surface area contributed by atoms with Gasteiger partial charge >= 0.3 is 0 Å². The summed E-state index contributed by atoms with van der Waals surface area (Å²) in [5, 5.41) is 15.5. The molecule has 0 atom stereocenters. The lowest BCUT2D eigenvalue weighted by atomic mass is 10.0. The van der Waals surface area contributed by atoms with Gasteiger partial charge in [0.25, 0.3) is 10.0 Å². The number of fused-ring (bicyclic) bond motifs is 1. The van der Waals surface area contributed by atoms with Crippen LogP contribution in [0.5, 0.6) is 11.5 Å². The highest BCUT2D eigenvalue weighted by Gasteiger charge is 2.13. The van der Waals surface area contributed by atoms with Gasteiger partial charge in [-0.25, -0.2) is 4.83 Å². The number of hydrazone groups is 1. The molecule has 0 aromatic heterocycles. The minimum absolute atomic E-state index is 0.0195. The van der Waals surface area contributed by atoms with Crippen LogP contribution in [0.25, 0.3) is 10.8 Å². The van der Waals surface area contributed by atoms with Gasteiger partial charge in [0.15, 0.2) is 0 Å². The molecule has 0 saturated carbocycles. The van der Waals surface area contributed by atoms with E-state index in [0.717, 1.165) is 10.8 Å². The predicted octanol–water partition coefficient (Wildman–Crippen LogP) is 2.87. The van der Waals surface area contributed by atoms with E-state index in [9.17, 15) is 13.5 Å². The Morgan fingerprint density at radius 2 is 1.76 bits per heavy atom. The van der Waals surface area contributed by atoms with Crippen LogP contribution in [0.1, 0.15) is 5.56 Å². The highest BCUT2D eigenvalue weighted by atomic mass is 32.2. The molecular weight excluding hydrogens is 340 g/mol. The molecule has 3 aromatic carbocycles. The van der Waals surface area contributed by atoms with E-state index in [2.05, 4.69) is 9.93 Å². The lowest BCUT2D eigenvalue weighted by Gasteiger charge is -2.06. The maximum Gasteiger partial charge on any atom is 0.276 e. The molecule has 0 saturated heterocycles. The van der Waals surface area contributed by atoms with E-state index >= 15 is 0 Å². The first-order valence-electron chi connectivity index (χ1n) is 7.41. The van der Waals surface area contributed by atoms with Crippen molar-refractivity contribution in [3.63, 3.8) is 0 Å². The zero-order valence-corrected chi connectivity index (χ0v) is 14.2. The van der Waals surface area contributed by atoms with E-state index in [4.69, 9.17) is 4.74 Å². The van der Waals surface area contributed by atoms with Gasteiger partial charge in [0.1, 0.15) is 11.5 Å². The lowest BCUT2D eigenvalue weighted by molar-refractivity contribution is 0.414. The van der Waals surface area contributed by atoms with Crippen LogP contribution in [-0.2, 0) is 10.0 Å². The number of phenolic OH excluding ortho intramolecular Hbond substituents is 1. The average Bonchev–Trinajstić information content (AvgIpc) is 2.63. The Morgan fingerprint density at radius 1 is 1.04 bits per heavy atom. The lowest BCUT2D eigenvalue weighted by Crippen LogP contribution is -2.18. The fourth-order valence-electron chi connectivity index (χ4n) is 2.39. The molecular formula is C18H16N2O4S. The third-order valence-electron chi connectivity index (χ3n) is 3.68. The second kappa shape index (κ2) is 6.82. The number of nitrogens with one attached hydrogen (secondary N) is 1. The van der Waals surface area contributed by atoms with Crippen LogP contribution in [0.4, 0.5) is 0 Å². The second-order valence-corrected chi connectivity index (χ2v) is 6.91. The number of nitrogens with zero attached hydrogens (tertiary/aromatic N) is 1. The average molecular weight is 356 g/mol. The molecule has 6 nitrogen and oxygen atoms in total. The molecule has 0 amide bonds. The summed E-state index contributed by atoms with van der Waals surface area (Å²) in [5.41, 5.74) is 0.440. The van der Waals surface area contributed by atoms with E-state index in [0.29, 0.717) is 11.3 Å². The van der Waals surface area contributed by atoms with Crippen molar-refractivity contribution < 1.29 is 18.3 Å². The van der Waals surface area contributed by atoms with Gasteiger partial charge in [-0.2, -0.15) is 13.5 Å². The highest BCUT2D eigenvalue weighted by molar-refractivity contribution is 7.89. The van der Waals surface area contributed by atoms with Gasteiger partial charge in [-0.15, -0.1) is 0 Å². The Morgan fingerprint density at radius 3 is 2.48 bits per heavy atom. The number of sulfonamides is 1. The van der Waals surface area contributed by atoms with Gasteiger partial charge in [0.2, 0.25) is 0 Å². The SMILES string of the molecule is COc1ccc(S(=O)(=O)N/N=C/c2c(O)ccc3ccccc23)cc1. The number of phenols is 1. The van der Waals surface area contributed by atoms with Crippen molar-refractivity contribution in [2.45, 2.75) is 4.90 Å². The summed E-state index contributed by atoms with van der Waals surface area (Å²) in [6.45, 7) is 0. The molecule has 0 unspecified atom stereocenters. The van der Waals surface area contributed by atoms with Crippen molar-refractivity contribution in [3.8, 4) is 11.5 Å². The van der Waals surface area contributed by atoms with Crippen molar-refractivity contribution in [2.75, 3.05) is 7.11 Å². The fraction of sp³-hybridized carbons (Fsp3) is 0.0556. The Hall–Kier alpha value is -3.06. The molecule has 3 aromatic rings. The molecule has 0 aliphatic heterocycles. The molecule has 25 heavy (non-hydrogen) atoms. The number of rotatable bonds is 5. The maximum absolute atomic E-state index is 12.2. The second-order valence-electron chi connectivity index (χ2n) is 5.25. The number of hydrogen-bond donors (Lipinski definition) is 2. The molecule has 0 aliphatic carbocycles. The van der Waals surface area contributed by atoms with Crippen molar-refractivity contribution in [1.29, 1.82) is 0 Å². The van der Waals surface area contributed by atoms with Gasteiger partial charge in [-0.3, -0.25) is 0 Å². The zero-order valence-electron chi connectivity index (χ0n) is 13.4. The summed E-state index contributed by atoms with van der Waals surface area (Å²) in [5.74, 6) is 0.578. The van der Waals surface area contributed by atoms with Crippen LogP contribution in [0, 0.1) is 0 Å². The molecule has 0 heterocycles. The van der Waals surface area contributed by atoms with E-state index in [-0.39, 0.29) is 10.6 Å². The maximum atomic E-state index is 12.2. The topological polar surface area (TPSA) is 88.0 Å². The normalized spacial score (nSPS) is 11.7. The molecule has 0 bridgehead atoms. The van der Waals surface area contributed by atoms with Crippen molar-refractivity contribution >= 4 is 27.0 Å². The van der Waals surface area contributed by atoms with E-state index < -0.39 is 10.0 Å². The van der Waals surface area contributed by atoms with Crippen LogP contribution in [0.2, 0.25) is 0 Å². The summed E-state index contributed by atoms with van der Waals surface area (Å²) in [6.07, 6.45) is 1.29. The molecule has 2 N–H and O–H groups in total. The first kappa shape index (κ1) is 16.8. The number of hydrogen-bond acceptors (Lipinski definition) is 5. The largest absolute Gasteiger partial charge is 0.507 e. The molecule has 0 aliphatic rings. The number of benzene rings is 3. The van der Waals surface area contributed by atoms with Crippen LogP contribution >= 0.6 is 0 Å². The third-order valence-corrected chi connectivity index (χ3v) is 4.92. The first-order chi connectivity index (χ1) is 12.0. The van der Waals surface area contributed by atoms with Gasteiger partial charge in [0, 0.05) is 5.56 Å². The Bertz CT molecular complexity index is 1030. The fourth-order valence-corrected chi connectivity index (χ4v) is 3.18. The number of ether oxygens (including phenoxy) is 1.